The van der Waals surface area contributed by atoms with Gasteiger partial charge >= 0.3 is 17.9 Å². The predicted molar refractivity (Wildman–Crippen MR) is 223 cm³/mol. The van der Waals surface area contributed by atoms with E-state index in [-0.39, 0.29) is 54.5 Å². The SMILES string of the molecule is CC/C=C\CC1C(CC(=O)OCCC(CCCCCCCC)OC(=O)C(CCCCCC)CCCCCCCC)CCC1OC(=O)C1(C)CCN(C)CC1. The van der Waals surface area contributed by atoms with Crippen LogP contribution in [-0.4, -0.2) is 61.8 Å². The van der Waals surface area contributed by atoms with E-state index >= 15 is 0 Å². The molecule has 314 valence electrons. The molecule has 0 spiro atoms. The number of allylic oxidation sites excluding steroid dienone is 2. The maximum absolute atomic E-state index is 13.7. The predicted octanol–water partition coefficient (Wildman–Crippen LogP) is 12.3. The van der Waals surface area contributed by atoms with Gasteiger partial charge in [-0.1, -0.05) is 136 Å². The van der Waals surface area contributed by atoms with Crippen molar-refractivity contribution < 1.29 is 28.6 Å². The van der Waals surface area contributed by atoms with Crippen LogP contribution in [0.1, 0.15) is 208 Å². The molecule has 2 aliphatic rings. The lowest BCUT2D eigenvalue weighted by molar-refractivity contribution is -0.165. The molecular weight excluding hydrogens is 675 g/mol. The number of esters is 3. The molecule has 2 rings (SSSR count). The van der Waals surface area contributed by atoms with Crippen molar-refractivity contribution in [3.05, 3.63) is 12.2 Å². The van der Waals surface area contributed by atoms with Crippen molar-refractivity contribution in [2.75, 3.05) is 26.7 Å². The molecule has 1 aliphatic heterocycles. The molecule has 7 heteroatoms. The zero-order valence-electron chi connectivity index (χ0n) is 36.2. The van der Waals surface area contributed by atoms with Gasteiger partial charge in [0.25, 0.3) is 0 Å². The van der Waals surface area contributed by atoms with Crippen molar-refractivity contribution in [1.29, 1.82) is 0 Å². The zero-order valence-corrected chi connectivity index (χ0v) is 36.2. The minimum absolute atomic E-state index is 0.0345. The number of likely N-dealkylation sites (tertiary alicyclic amines) is 1. The Kier molecular flexibility index (Phi) is 26.2. The van der Waals surface area contributed by atoms with Crippen LogP contribution in [0.25, 0.3) is 0 Å². The van der Waals surface area contributed by atoms with Crippen LogP contribution >= 0.6 is 0 Å². The third kappa shape index (κ3) is 19.8. The van der Waals surface area contributed by atoms with Crippen LogP contribution in [0.3, 0.4) is 0 Å². The minimum Gasteiger partial charge on any atom is -0.466 e. The Morgan fingerprint density at radius 3 is 1.87 bits per heavy atom. The molecule has 1 aliphatic carbocycles. The monoisotopic (exact) mass is 760 g/mol. The lowest BCUT2D eigenvalue weighted by atomic mass is 9.80. The number of ether oxygens (including phenoxy) is 3. The molecular formula is C47H85NO6. The maximum Gasteiger partial charge on any atom is 0.312 e. The van der Waals surface area contributed by atoms with Gasteiger partial charge in [-0.15, -0.1) is 0 Å². The van der Waals surface area contributed by atoms with Gasteiger partial charge in [-0.3, -0.25) is 14.4 Å². The number of nitrogens with zero attached hydrogens (tertiary/aromatic N) is 1. The highest BCUT2D eigenvalue weighted by Crippen LogP contribution is 2.41. The number of piperidine rings is 1. The summed E-state index contributed by atoms with van der Waals surface area (Å²) in [5.41, 5.74) is -0.438. The van der Waals surface area contributed by atoms with E-state index in [1.807, 2.05) is 0 Å². The average Bonchev–Trinajstić information content (AvgIpc) is 3.52. The van der Waals surface area contributed by atoms with Crippen molar-refractivity contribution in [3.8, 4) is 0 Å². The number of unbranched alkanes of at least 4 members (excludes halogenated alkanes) is 13. The first kappa shape index (κ1) is 48.3. The molecule has 0 N–H and O–H groups in total. The molecule has 5 unspecified atom stereocenters. The van der Waals surface area contributed by atoms with E-state index in [4.69, 9.17) is 14.2 Å². The van der Waals surface area contributed by atoms with E-state index in [1.165, 1.54) is 77.0 Å². The second kappa shape index (κ2) is 29.4. The number of carbonyl (C=O) groups is 3. The molecule has 2 fully saturated rings. The molecule has 0 aromatic rings. The molecule has 1 saturated heterocycles. The van der Waals surface area contributed by atoms with Crippen LogP contribution in [0.5, 0.6) is 0 Å². The fourth-order valence-corrected chi connectivity index (χ4v) is 8.49. The van der Waals surface area contributed by atoms with Gasteiger partial charge in [0.15, 0.2) is 0 Å². The highest BCUT2D eigenvalue weighted by molar-refractivity contribution is 5.77. The van der Waals surface area contributed by atoms with Crippen molar-refractivity contribution in [2.24, 2.45) is 23.2 Å². The number of hydrogen-bond donors (Lipinski definition) is 0. The molecule has 0 amide bonds. The van der Waals surface area contributed by atoms with Crippen LogP contribution in [0.15, 0.2) is 12.2 Å². The Hall–Kier alpha value is -1.89. The number of rotatable bonds is 31. The molecule has 1 heterocycles. The van der Waals surface area contributed by atoms with Crippen LogP contribution in [0.2, 0.25) is 0 Å². The van der Waals surface area contributed by atoms with E-state index in [0.717, 1.165) is 96.6 Å². The Balaban J connectivity index is 1.98. The summed E-state index contributed by atoms with van der Waals surface area (Å²) in [7, 11) is 2.10. The summed E-state index contributed by atoms with van der Waals surface area (Å²) in [6.45, 7) is 13.0. The Bertz CT molecular complexity index is 1020. The van der Waals surface area contributed by atoms with Gasteiger partial charge in [-0.25, -0.2) is 0 Å². The summed E-state index contributed by atoms with van der Waals surface area (Å²) in [5.74, 6) is -0.107. The summed E-state index contributed by atoms with van der Waals surface area (Å²) in [4.78, 5) is 42.7. The van der Waals surface area contributed by atoms with Crippen LogP contribution in [0.4, 0.5) is 0 Å². The Morgan fingerprint density at radius 1 is 0.722 bits per heavy atom. The minimum atomic E-state index is -0.438. The number of hydrogen-bond acceptors (Lipinski definition) is 7. The van der Waals surface area contributed by atoms with Gasteiger partial charge in [0.05, 0.1) is 17.9 Å². The lowest BCUT2D eigenvalue weighted by Crippen LogP contribution is -2.43. The van der Waals surface area contributed by atoms with Gasteiger partial charge in [0, 0.05) is 18.8 Å². The largest absolute Gasteiger partial charge is 0.466 e. The molecule has 0 aromatic carbocycles. The highest BCUT2D eigenvalue weighted by atomic mass is 16.6. The molecule has 0 bridgehead atoms. The lowest BCUT2D eigenvalue weighted by Gasteiger charge is -2.37. The molecule has 5 atom stereocenters. The van der Waals surface area contributed by atoms with Crippen molar-refractivity contribution in [3.63, 3.8) is 0 Å². The van der Waals surface area contributed by atoms with E-state index in [1.54, 1.807) is 0 Å². The molecule has 7 nitrogen and oxygen atoms in total. The van der Waals surface area contributed by atoms with Gasteiger partial charge in [-0.05, 0) is 97.2 Å². The average molecular weight is 760 g/mol. The van der Waals surface area contributed by atoms with Gasteiger partial charge in [0.2, 0.25) is 0 Å². The first-order chi connectivity index (χ1) is 26.2. The van der Waals surface area contributed by atoms with Gasteiger partial charge in [-0.2, -0.15) is 0 Å². The van der Waals surface area contributed by atoms with E-state index in [2.05, 4.69) is 58.7 Å². The fourth-order valence-electron chi connectivity index (χ4n) is 8.49. The van der Waals surface area contributed by atoms with Crippen molar-refractivity contribution >= 4 is 17.9 Å². The van der Waals surface area contributed by atoms with Crippen molar-refractivity contribution in [2.45, 2.75) is 220 Å². The molecule has 0 aromatic heterocycles. The van der Waals surface area contributed by atoms with Crippen LogP contribution in [-0.2, 0) is 28.6 Å². The second-order valence-corrected chi connectivity index (χ2v) is 17.4. The smallest absolute Gasteiger partial charge is 0.312 e. The molecule has 0 radical (unpaired) electrons. The number of carbonyl (C=O) groups excluding carboxylic acids is 3. The summed E-state index contributed by atoms with van der Waals surface area (Å²) in [5, 5.41) is 0. The second-order valence-electron chi connectivity index (χ2n) is 17.4. The van der Waals surface area contributed by atoms with Crippen molar-refractivity contribution in [1.82, 2.24) is 4.90 Å². The Morgan fingerprint density at radius 2 is 1.28 bits per heavy atom. The third-order valence-corrected chi connectivity index (χ3v) is 12.5. The molecule has 1 saturated carbocycles. The molecule has 54 heavy (non-hydrogen) atoms. The van der Waals surface area contributed by atoms with Gasteiger partial charge in [0.1, 0.15) is 12.2 Å². The van der Waals surface area contributed by atoms with E-state index in [9.17, 15) is 14.4 Å². The topological polar surface area (TPSA) is 82.1 Å². The quantitative estimate of drug-likeness (QED) is 0.0301. The fraction of sp³-hybridized carbons (Fsp3) is 0.894. The van der Waals surface area contributed by atoms with Crippen LogP contribution < -0.4 is 0 Å². The third-order valence-electron chi connectivity index (χ3n) is 12.5. The first-order valence-electron chi connectivity index (χ1n) is 23.1. The summed E-state index contributed by atoms with van der Waals surface area (Å²) in [6, 6.07) is 0. The van der Waals surface area contributed by atoms with E-state index in [0.29, 0.717) is 12.8 Å². The summed E-state index contributed by atoms with van der Waals surface area (Å²) in [6.07, 6.45) is 31.7. The standard InChI is InChI=1S/C47H85NO6/c1-7-11-15-18-20-24-27-39(26-23-17-13-9-3)45(50)53-41(28-25-21-19-16-12-8-2)32-37-52-44(49)38-40-30-31-43(42(40)29-22-14-10-4)54-46(51)47(5)33-35-48(6)36-34-47/h14,22,39-43H,7-13,15-21,23-38H2,1-6H3/b22-14-. The normalized spacial score (nSPS) is 21.3. The summed E-state index contributed by atoms with van der Waals surface area (Å²) >= 11 is 0. The summed E-state index contributed by atoms with van der Waals surface area (Å²) < 4.78 is 18.5. The van der Waals surface area contributed by atoms with Gasteiger partial charge < -0.3 is 19.1 Å². The zero-order chi connectivity index (χ0) is 39.4. The maximum atomic E-state index is 13.7. The Labute approximate surface area is 332 Å². The highest BCUT2D eigenvalue weighted by Gasteiger charge is 2.43. The van der Waals surface area contributed by atoms with Crippen LogP contribution in [0, 0.1) is 23.2 Å². The van der Waals surface area contributed by atoms with E-state index < -0.39 is 5.41 Å². The first-order valence-corrected chi connectivity index (χ1v) is 23.1.